The number of pyridine rings is 1. The summed E-state index contributed by atoms with van der Waals surface area (Å²) < 4.78 is 10.1. The minimum atomic E-state index is -0.388. The third kappa shape index (κ3) is 2.07. The van der Waals surface area contributed by atoms with Gasteiger partial charge in [-0.25, -0.2) is 4.79 Å². The van der Waals surface area contributed by atoms with Crippen LogP contribution in [-0.2, 0) is 9.47 Å². The van der Waals surface area contributed by atoms with Gasteiger partial charge in [0.1, 0.15) is 6.10 Å². The van der Waals surface area contributed by atoms with E-state index in [1.54, 1.807) is 13.0 Å². The van der Waals surface area contributed by atoms with Gasteiger partial charge in [0, 0.05) is 0 Å². The summed E-state index contributed by atoms with van der Waals surface area (Å²) in [6, 6.07) is 1.57. The minimum Gasteiger partial charge on any atom is -0.454 e. The molecular weight excluding hydrogens is 196 g/mol. The molecule has 2 heterocycles. The Bertz CT molecular complexity index is 388. The van der Waals surface area contributed by atoms with Crippen LogP contribution in [0.5, 0.6) is 0 Å². The number of rotatable bonds is 2. The predicted octanol–water partition coefficient (Wildman–Crippen LogP) is 0.528. The molecule has 0 spiro atoms. The number of hydrogen-bond donors (Lipinski definition) is 1. The number of carbonyl (C=O) groups excluding carboxylic acids is 1. The summed E-state index contributed by atoms with van der Waals surface area (Å²) in [6.45, 7) is 2.69. The van der Waals surface area contributed by atoms with Crippen molar-refractivity contribution in [2.24, 2.45) is 0 Å². The van der Waals surface area contributed by atoms with Gasteiger partial charge in [0.15, 0.2) is 0 Å². The molecule has 0 aromatic carbocycles. The monoisotopic (exact) mass is 208 g/mol. The summed E-state index contributed by atoms with van der Waals surface area (Å²) in [4.78, 5) is 15.6. The van der Waals surface area contributed by atoms with Crippen LogP contribution in [0.3, 0.4) is 0 Å². The third-order valence-corrected chi connectivity index (χ3v) is 2.21. The van der Waals surface area contributed by atoms with Gasteiger partial charge in [0.05, 0.1) is 36.4 Å². The Hall–Kier alpha value is -1.62. The maximum atomic E-state index is 11.6. The van der Waals surface area contributed by atoms with Crippen LogP contribution in [0.1, 0.15) is 16.1 Å². The Morgan fingerprint density at radius 2 is 2.40 bits per heavy atom. The van der Waals surface area contributed by atoms with E-state index in [2.05, 4.69) is 4.98 Å². The van der Waals surface area contributed by atoms with Crippen LogP contribution in [0.2, 0.25) is 0 Å². The molecule has 5 heteroatoms. The second-order valence-electron chi connectivity index (χ2n) is 3.47. The second kappa shape index (κ2) is 3.86. The lowest BCUT2D eigenvalue weighted by molar-refractivity contribution is -0.103. The van der Waals surface area contributed by atoms with Crippen LogP contribution in [0.25, 0.3) is 0 Å². The number of hydrogen-bond acceptors (Lipinski definition) is 5. The molecular formula is C10H12N2O3. The van der Waals surface area contributed by atoms with E-state index in [-0.39, 0.29) is 12.1 Å². The number of nitrogens with two attached hydrogens (primary N) is 1. The summed E-state index contributed by atoms with van der Waals surface area (Å²) >= 11 is 0. The van der Waals surface area contributed by atoms with Gasteiger partial charge in [-0.1, -0.05) is 0 Å². The first-order chi connectivity index (χ1) is 7.16. The van der Waals surface area contributed by atoms with E-state index in [4.69, 9.17) is 15.2 Å². The lowest BCUT2D eigenvalue weighted by Crippen LogP contribution is -2.38. The molecule has 0 unspecified atom stereocenters. The van der Waals surface area contributed by atoms with Crippen LogP contribution in [0, 0.1) is 6.92 Å². The molecule has 5 nitrogen and oxygen atoms in total. The fraction of sp³-hybridized carbons (Fsp3) is 0.400. The van der Waals surface area contributed by atoms with E-state index in [0.29, 0.717) is 30.2 Å². The minimum absolute atomic E-state index is 0.127. The van der Waals surface area contributed by atoms with Gasteiger partial charge < -0.3 is 15.2 Å². The SMILES string of the molecule is Cc1ncc(N)cc1C(=O)OC1COC1. The van der Waals surface area contributed by atoms with Crippen LogP contribution >= 0.6 is 0 Å². The molecule has 2 rings (SSSR count). The number of nitrogen functional groups attached to an aromatic ring is 1. The number of esters is 1. The molecule has 0 saturated carbocycles. The van der Waals surface area contributed by atoms with E-state index < -0.39 is 0 Å². The van der Waals surface area contributed by atoms with Crippen molar-refractivity contribution < 1.29 is 14.3 Å². The van der Waals surface area contributed by atoms with Crippen LogP contribution in [-0.4, -0.2) is 30.3 Å². The average molecular weight is 208 g/mol. The fourth-order valence-electron chi connectivity index (χ4n) is 1.25. The molecule has 0 atom stereocenters. The van der Waals surface area contributed by atoms with E-state index in [9.17, 15) is 4.79 Å². The van der Waals surface area contributed by atoms with Crippen molar-refractivity contribution in [3.05, 3.63) is 23.5 Å². The van der Waals surface area contributed by atoms with Crippen molar-refractivity contribution >= 4 is 11.7 Å². The lowest BCUT2D eigenvalue weighted by atomic mass is 10.2. The van der Waals surface area contributed by atoms with Crippen molar-refractivity contribution in [1.29, 1.82) is 0 Å². The third-order valence-electron chi connectivity index (χ3n) is 2.21. The van der Waals surface area contributed by atoms with Crippen molar-refractivity contribution in [3.8, 4) is 0 Å². The number of aryl methyl sites for hydroxylation is 1. The Kier molecular flexibility index (Phi) is 2.55. The molecule has 1 saturated heterocycles. The molecule has 2 N–H and O–H groups in total. The number of carbonyl (C=O) groups is 1. The summed E-state index contributed by atoms with van der Waals surface area (Å²) in [7, 11) is 0. The van der Waals surface area contributed by atoms with Gasteiger partial charge in [-0.05, 0) is 13.0 Å². The normalized spacial score (nSPS) is 15.8. The standard InChI is InChI=1S/C10H12N2O3/c1-6-9(2-7(11)3-12-6)10(13)15-8-4-14-5-8/h2-3,8H,4-5,11H2,1H3. The number of ether oxygens (including phenoxy) is 2. The molecule has 1 aliphatic rings. The van der Waals surface area contributed by atoms with E-state index in [1.165, 1.54) is 6.20 Å². The number of anilines is 1. The Balaban J connectivity index is 2.12. The van der Waals surface area contributed by atoms with Gasteiger partial charge in [-0.3, -0.25) is 4.98 Å². The highest BCUT2D eigenvalue weighted by molar-refractivity contribution is 5.91. The zero-order valence-electron chi connectivity index (χ0n) is 8.40. The first-order valence-electron chi connectivity index (χ1n) is 4.67. The Morgan fingerprint density at radius 3 is 3.00 bits per heavy atom. The van der Waals surface area contributed by atoms with Gasteiger partial charge in [0.25, 0.3) is 0 Å². The zero-order chi connectivity index (χ0) is 10.8. The highest BCUT2D eigenvalue weighted by Crippen LogP contribution is 2.14. The van der Waals surface area contributed by atoms with Crippen molar-refractivity contribution in [3.63, 3.8) is 0 Å². The molecule has 1 aromatic rings. The van der Waals surface area contributed by atoms with Crippen LogP contribution < -0.4 is 5.73 Å². The largest absolute Gasteiger partial charge is 0.454 e. The topological polar surface area (TPSA) is 74.4 Å². The van der Waals surface area contributed by atoms with Gasteiger partial charge >= 0.3 is 5.97 Å². The molecule has 1 aliphatic heterocycles. The second-order valence-corrected chi connectivity index (χ2v) is 3.47. The highest BCUT2D eigenvalue weighted by atomic mass is 16.6. The van der Waals surface area contributed by atoms with Crippen molar-refractivity contribution in [1.82, 2.24) is 4.98 Å². The van der Waals surface area contributed by atoms with Gasteiger partial charge in [-0.15, -0.1) is 0 Å². The molecule has 0 radical (unpaired) electrons. The zero-order valence-corrected chi connectivity index (χ0v) is 8.40. The molecule has 80 valence electrons. The maximum Gasteiger partial charge on any atom is 0.340 e. The number of nitrogens with zero attached hydrogens (tertiary/aromatic N) is 1. The van der Waals surface area contributed by atoms with Crippen molar-refractivity contribution in [2.45, 2.75) is 13.0 Å². The molecule has 0 bridgehead atoms. The lowest BCUT2D eigenvalue weighted by Gasteiger charge is -2.25. The summed E-state index contributed by atoms with van der Waals surface area (Å²) in [5.74, 6) is -0.388. The average Bonchev–Trinajstić information content (AvgIpc) is 2.15. The highest BCUT2D eigenvalue weighted by Gasteiger charge is 2.24. The molecule has 15 heavy (non-hydrogen) atoms. The van der Waals surface area contributed by atoms with Crippen molar-refractivity contribution in [2.75, 3.05) is 18.9 Å². The first-order valence-corrected chi connectivity index (χ1v) is 4.67. The Morgan fingerprint density at radius 1 is 1.67 bits per heavy atom. The molecule has 0 amide bonds. The smallest absolute Gasteiger partial charge is 0.340 e. The van der Waals surface area contributed by atoms with Crippen LogP contribution in [0.4, 0.5) is 5.69 Å². The Labute approximate surface area is 87.2 Å². The molecule has 1 fully saturated rings. The maximum absolute atomic E-state index is 11.6. The van der Waals surface area contributed by atoms with Gasteiger partial charge in [-0.2, -0.15) is 0 Å². The molecule has 0 aliphatic carbocycles. The quantitative estimate of drug-likeness (QED) is 0.717. The van der Waals surface area contributed by atoms with E-state index >= 15 is 0 Å². The van der Waals surface area contributed by atoms with Gasteiger partial charge in [0.2, 0.25) is 0 Å². The first kappa shape index (κ1) is 9.92. The summed E-state index contributed by atoms with van der Waals surface area (Å²) in [5.41, 5.74) is 7.04. The molecule has 1 aromatic heterocycles. The fourth-order valence-corrected chi connectivity index (χ4v) is 1.25. The number of aromatic nitrogens is 1. The van der Waals surface area contributed by atoms with E-state index in [0.717, 1.165) is 0 Å². The summed E-state index contributed by atoms with van der Waals surface area (Å²) in [6.07, 6.45) is 1.39. The van der Waals surface area contributed by atoms with E-state index in [1.807, 2.05) is 0 Å². The summed E-state index contributed by atoms with van der Waals surface area (Å²) in [5, 5.41) is 0. The predicted molar refractivity (Wildman–Crippen MR) is 53.4 cm³/mol. The van der Waals surface area contributed by atoms with Crippen LogP contribution in [0.15, 0.2) is 12.3 Å².